The fraction of sp³-hybridized carbons (Fsp3) is 0.318. The number of aromatic nitrogens is 3. The molecule has 1 aliphatic rings. The van der Waals surface area contributed by atoms with E-state index >= 15 is 0 Å². The Bertz CT molecular complexity index is 980. The van der Waals surface area contributed by atoms with Crippen LogP contribution in [0.3, 0.4) is 0 Å². The topological polar surface area (TPSA) is 87.9 Å². The van der Waals surface area contributed by atoms with E-state index in [1.807, 2.05) is 43.6 Å². The molecular weight excluding hydrogens is 350 g/mol. The SMILES string of the molecule is Cc1ncc(CN(Cc2cccc(C(N)=O)c2)C2CCCc3cccnc32)[nH]1. The molecule has 144 valence electrons. The van der Waals surface area contributed by atoms with Gasteiger partial charge in [-0.15, -0.1) is 0 Å². The Balaban J connectivity index is 1.66. The standard InChI is InChI=1S/C22H25N5O/c1-15-25-12-19(26-15)14-27(13-16-5-2-7-18(11-16)22(23)28)20-9-3-6-17-8-4-10-24-21(17)20/h2,4-5,7-8,10-12,20H,3,6,9,13-14H2,1H3,(H2,23,28)(H,25,26). The Morgan fingerprint density at radius 1 is 1.25 bits per heavy atom. The number of hydrogen-bond donors (Lipinski definition) is 2. The number of nitrogens with one attached hydrogen (secondary N) is 1. The number of aromatic amines is 1. The smallest absolute Gasteiger partial charge is 0.248 e. The van der Waals surface area contributed by atoms with Gasteiger partial charge in [0.15, 0.2) is 0 Å². The molecule has 28 heavy (non-hydrogen) atoms. The second-order valence-corrected chi connectivity index (χ2v) is 7.42. The van der Waals surface area contributed by atoms with Crippen LogP contribution in [0.1, 0.15) is 57.6 Å². The number of H-pyrrole nitrogens is 1. The van der Waals surface area contributed by atoms with Crippen molar-refractivity contribution >= 4 is 5.91 Å². The second-order valence-electron chi connectivity index (χ2n) is 7.42. The lowest BCUT2D eigenvalue weighted by molar-refractivity contribution is 0.1000. The number of fused-ring (bicyclic) bond motifs is 1. The molecule has 3 aromatic rings. The molecule has 1 unspecified atom stereocenters. The van der Waals surface area contributed by atoms with Gasteiger partial charge in [0.2, 0.25) is 5.91 Å². The highest BCUT2D eigenvalue weighted by Crippen LogP contribution is 2.34. The van der Waals surface area contributed by atoms with Crippen LogP contribution in [0.2, 0.25) is 0 Å². The number of primary amides is 1. The summed E-state index contributed by atoms with van der Waals surface area (Å²) in [5.41, 5.74) is 10.6. The molecule has 0 bridgehead atoms. The van der Waals surface area contributed by atoms with Gasteiger partial charge >= 0.3 is 0 Å². The monoisotopic (exact) mass is 375 g/mol. The van der Waals surface area contributed by atoms with Gasteiger partial charge in [0.25, 0.3) is 0 Å². The van der Waals surface area contributed by atoms with Crippen LogP contribution in [0, 0.1) is 6.92 Å². The van der Waals surface area contributed by atoms with Crippen molar-refractivity contribution in [3.05, 3.63) is 82.7 Å². The van der Waals surface area contributed by atoms with Crippen molar-refractivity contribution < 1.29 is 4.79 Å². The Labute approximate surface area is 164 Å². The van der Waals surface area contributed by atoms with Crippen LogP contribution in [-0.4, -0.2) is 25.8 Å². The van der Waals surface area contributed by atoms with Crippen LogP contribution in [0.4, 0.5) is 0 Å². The van der Waals surface area contributed by atoms with Crippen molar-refractivity contribution in [1.29, 1.82) is 0 Å². The number of imidazole rings is 1. The number of aryl methyl sites for hydroxylation is 2. The van der Waals surface area contributed by atoms with Gasteiger partial charge in [-0.2, -0.15) is 0 Å². The fourth-order valence-corrected chi connectivity index (χ4v) is 4.04. The summed E-state index contributed by atoms with van der Waals surface area (Å²) in [4.78, 5) is 26.4. The molecule has 0 saturated heterocycles. The van der Waals surface area contributed by atoms with E-state index in [4.69, 9.17) is 10.7 Å². The lowest BCUT2D eigenvalue weighted by Gasteiger charge is -2.35. The molecule has 6 nitrogen and oxygen atoms in total. The lowest BCUT2D eigenvalue weighted by atomic mass is 9.90. The third kappa shape index (κ3) is 3.97. The maximum atomic E-state index is 11.6. The lowest BCUT2D eigenvalue weighted by Crippen LogP contribution is -2.31. The first-order valence-corrected chi connectivity index (χ1v) is 9.67. The molecule has 0 radical (unpaired) electrons. The predicted molar refractivity (Wildman–Crippen MR) is 107 cm³/mol. The van der Waals surface area contributed by atoms with Crippen LogP contribution in [0.5, 0.6) is 0 Å². The van der Waals surface area contributed by atoms with E-state index in [1.54, 1.807) is 6.07 Å². The van der Waals surface area contributed by atoms with Crippen molar-refractivity contribution in [2.75, 3.05) is 0 Å². The summed E-state index contributed by atoms with van der Waals surface area (Å²) >= 11 is 0. The highest BCUT2D eigenvalue weighted by atomic mass is 16.1. The molecule has 2 aromatic heterocycles. The summed E-state index contributed by atoms with van der Waals surface area (Å²) < 4.78 is 0. The number of hydrogen-bond acceptors (Lipinski definition) is 4. The number of pyridine rings is 1. The number of amides is 1. The van der Waals surface area contributed by atoms with Crippen LogP contribution < -0.4 is 5.73 Å². The van der Waals surface area contributed by atoms with Crippen molar-refractivity contribution in [2.45, 2.75) is 45.3 Å². The van der Waals surface area contributed by atoms with E-state index in [1.165, 1.54) is 5.56 Å². The summed E-state index contributed by atoms with van der Waals surface area (Å²) in [5.74, 6) is 0.509. The molecule has 0 saturated carbocycles. The predicted octanol–water partition coefficient (Wildman–Crippen LogP) is 3.29. The average molecular weight is 375 g/mol. The number of nitrogens with two attached hydrogens (primary N) is 1. The first kappa shape index (κ1) is 18.4. The number of nitrogens with zero attached hydrogens (tertiary/aromatic N) is 3. The third-order valence-corrected chi connectivity index (χ3v) is 5.33. The zero-order valence-electron chi connectivity index (χ0n) is 16.1. The minimum atomic E-state index is -0.401. The van der Waals surface area contributed by atoms with Crippen LogP contribution in [-0.2, 0) is 19.5 Å². The van der Waals surface area contributed by atoms with E-state index in [0.717, 1.165) is 48.6 Å². The summed E-state index contributed by atoms with van der Waals surface area (Å²) in [7, 11) is 0. The van der Waals surface area contributed by atoms with Gasteiger partial charge in [-0.25, -0.2) is 4.98 Å². The average Bonchev–Trinajstić information content (AvgIpc) is 3.12. The quantitative estimate of drug-likeness (QED) is 0.692. The number of carbonyl (C=O) groups excluding carboxylic acids is 1. The Morgan fingerprint density at radius 3 is 2.93 bits per heavy atom. The van der Waals surface area contributed by atoms with E-state index in [2.05, 4.69) is 20.9 Å². The van der Waals surface area contributed by atoms with Gasteiger partial charge in [-0.05, 0) is 55.5 Å². The Hall–Kier alpha value is -2.99. The third-order valence-electron chi connectivity index (χ3n) is 5.33. The van der Waals surface area contributed by atoms with E-state index in [9.17, 15) is 4.79 Å². The highest BCUT2D eigenvalue weighted by Gasteiger charge is 2.27. The van der Waals surface area contributed by atoms with Crippen molar-refractivity contribution in [2.24, 2.45) is 5.73 Å². The van der Waals surface area contributed by atoms with E-state index in [0.29, 0.717) is 12.1 Å². The molecule has 4 rings (SSSR count). The van der Waals surface area contributed by atoms with Gasteiger partial charge < -0.3 is 10.7 Å². The second kappa shape index (κ2) is 7.94. The molecule has 0 aliphatic heterocycles. The zero-order chi connectivity index (χ0) is 19.5. The maximum absolute atomic E-state index is 11.6. The highest BCUT2D eigenvalue weighted by molar-refractivity contribution is 5.92. The van der Waals surface area contributed by atoms with Crippen LogP contribution >= 0.6 is 0 Å². The van der Waals surface area contributed by atoms with Gasteiger partial charge in [-0.1, -0.05) is 18.2 Å². The summed E-state index contributed by atoms with van der Waals surface area (Å²) in [5, 5.41) is 0. The molecule has 6 heteroatoms. The molecule has 3 N–H and O–H groups in total. The molecule has 0 spiro atoms. The number of benzene rings is 1. The first-order chi connectivity index (χ1) is 13.6. The minimum absolute atomic E-state index is 0.228. The van der Waals surface area contributed by atoms with Gasteiger partial charge in [-0.3, -0.25) is 14.7 Å². The molecule has 2 heterocycles. The van der Waals surface area contributed by atoms with E-state index < -0.39 is 5.91 Å². The molecule has 0 fully saturated rings. The molecule has 1 atom stereocenters. The minimum Gasteiger partial charge on any atom is -0.366 e. The van der Waals surface area contributed by atoms with Crippen molar-refractivity contribution in [1.82, 2.24) is 19.9 Å². The summed E-state index contributed by atoms with van der Waals surface area (Å²) in [6, 6.07) is 12.0. The van der Waals surface area contributed by atoms with Gasteiger partial charge in [0.05, 0.1) is 11.7 Å². The summed E-state index contributed by atoms with van der Waals surface area (Å²) in [6.45, 7) is 3.41. The number of carbonyl (C=O) groups is 1. The van der Waals surface area contributed by atoms with E-state index in [-0.39, 0.29) is 6.04 Å². The van der Waals surface area contributed by atoms with Gasteiger partial charge in [0.1, 0.15) is 5.82 Å². The molecule has 1 aromatic carbocycles. The molecule has 1 amide bonds. The Kier molecular flexibility index (Phi) is 5.21. The normalized spacial score (nSPS) is 16.1. The van der Waals surface area contributed by atoms with Crippen molar-refractivity contribution in [3.63, 3.8) is 0 Å². The number of rotatable bonds is 6. The summed E-state index contributed by atoms with van der Waals surface area (Å²) in [6.07, 6.45) is 7.05. The molecular formula is C22H25N5O. The maximum Gasteiger partial charge on any atom is 0.248 e. The fourth-order valence-electron chi connectivity index (χ4n) is 4.04. The van der Waals surface area contributed by atoms with Crippen molar-refractivity contribution in [3.8, 4) is 0 Å². The zero-order valence-corrected chi connectivity index (χ0v) is 16.1. The van der Waals surface area contributed by atoms with Crippen LogP contribution in [0.25, 0.3) is 0 Å². The largest absolute Gasteiger partial charge is 0.366 e. The van der Waals surface area contributed by atoms with Crippen LogP contribution in [0.15, 0.2) is 48.8 Å². The van der Waals surface area contributed by atoms with Gasteiger partial charge in [0, 0.05) is 36.7 Å². The Morgan fingerprint density at radius 2 is 2.14 bits per heavy atom. The first-order valence-electron chi connectivity index (χ1n) is 9.67. The molecule has 1 aliphatic carbocycles.